The molecule has 0 radical (unpaired) electrons. The second-order valence-electron chi connectivity index (χ2n) is 6.50. The summed E-state index contributed by atoms with van der Waals surface area (Å²) in [4.78, 5) is 24.0. The van der Waals surface area contributed by atoms with E-state index in [1.54, 1.807) is 25.3 Å². The van der Waals surface area contributed by atoms with Crippen molar-refractivity contribution in [1.82, 2.24) is 4.57 Å². The number of esters is 2. The fourth-order valence-electron chi connectivity index (χ4n) is 3.31. The van der Waals surface area contributed by atoms with Crippen LogP contribution >= 0.6 is 0 Å². The van der Waals surface area contributed by atoms with Crippen molar-refractivity contribution in [2.45, 2.75) is 32.2 Å². The van der Waals surface area contributed by atoms with E-state index in [1.165, 1.54) is 0 Å². The average molecular weight is 418 g/mol. The number of sulfone groups is 1. The van der Waals surface area contributed by atoms with Crippen molar-refractivity contribution in [3.8, 4) is 0 Å². The summed E-state index contributed by atoms with van der Waals surface area (Å²) in [6, 6.07) is 9.49. The lowest BCUT2D eigenvalue weighted by molar-refractivity contribution is -0.140. The van der Waals surface area contributed by atoms with E-state index in [9.17, 15) is 18.0 Å². The van der Waals surface area contributed by atoms with Crippen LogP contribution in [0.15, 0.2) is 45.8 Å². The predicted octanol–water partition coefficient (Wildman–Crippen LogP) is 2.30. The molecule has 0 aliphatic carbocycles. The van der Waals surface area contributed by atoms with Gasteiger partial charge in [0, 0.05) is 12.2 Å². The van der Waals surface area contributed by atoms with Crippen molar-refractivity contribution in [2.75, 3.05) is 19.0 Å². The number of anilines is 1. The number of nitrogens with one attached hydrogen (secondary N) is 1. The van der Waals surface area contributed by atoms with Crippen molar-refractivity contribution in [2.24, 2.45) is 0 Å². The Morgan fingerprint density at radius 1 is 1.10 bits per heavy atom. The van der Waals surface area contributed by atoms with Crippen LogP contribution in [0.5, 0.6) is 0 Å². The SMILES string of the molecule is CCOC(=O)C1=C(C(=O)OC)S(=O)(=O)c2c(C)c(C)n(Cc3ccccc3)c2N1. The summed E-state index contributed by atoms with van der Waals surface area (Å²) in [6.07, 6.45) is 0. The minimum atomic E-state index is -4.31. The van der Waals surface area contributed by atoms with E-state index in [0.717, 1.165) is 12.7 Å². The molecule has 1 N–H and O–H groups in total. The molecule has 1 aromatic heterocycles. The van der Waals surface area contributed by atoms with Crippen LogP contribution in [-0.4, -0.2) is 38.6 Å². The number of methoxy groups -OCH3 is 1. The number of rotatable bonds is 5. The molecule has 2 heterocycles. The second kappa shape index (κ2) is 7.75. The molecule has 1 aromatic carbocycles. The molecule has 8 nitrogen and oxygen atoms in total. The van der Waals surface area contributed by atoms with Gasteiger partial charge in [-0.3, -0.25) is 0 Å². The Bertz CT molecular complexity index is 1110. The van der Waals surface area contributed by atoms with Crippen LogP contribution in [0, 0.1) is 13.8 Å². The third-order valence-electron chi connectivity index (χ3n) is 4.81. The van der Waals surface area contributed by atoms with Crippen molar-refractivity contribution >= 4 is 27.6 Å². The summed E-state index contributed by atoms with van der Waals surface area (Å²) in [6.45, 7) is 5.45. The summed E-state index contributed by atoms with van der Waals surface area (Å²) in [7, 11) is -3.25. The van der Waals surface area contributed by atoms with Crippen LogP contribution in [0.2, 0.25) is 0 Å². The minimum absolute atomic E-state index is 0.0223. The summed E-state index contributed by atoms with van der Waals surface area (Å²) in [5.74, 6) is -1.84. The number of fused-ring (bicyclic) bond motifs is 1. The molecule has 1 aliphatic rings. The van der Waals surface area contributed by atoms with E-state index < -0.39 is 32.4 Å². The fraction of sp³-hybridized carbons (Fsp3) is 0.300. The molecule has 0 saturated heterocycles. The molecule has 29 heavy (non-hydrogen) atoms. The van der Waals surface area contributed by atoms with Gasteiger partial charge in [0.1, 0.15) is 10.7 Å². The highest BCUT2D eigenvalue weighted by atomic mass is 32.2. The number of benzene rings is 1. The first-order valence-electron chi connectivity index (χ1n) is 8.99. The molecule has 154 valence electrons. The molecule has 3 rings (SSSR count). The summed E-state index contributed by atoms with van der Waals surface area (Å²) >= 11 is 0. The molecule has 0 atom stereocenters. The molecule has 0 amide bonds. The molecule has 0 fully saturated rings. The fourth-order valence-corrected chi connectivity index (χ4v) is 5.19. The Hall–Kier alpha value is -3.07. The standard InChI is InChI=1S/C20H22N2O6S/c1-5-28-19(23)15-17(20(24)27-4)29(25,26)16-12(2)13(3)22(18(16)21-15)11-14-9-7-6-8-10-14/h6-10,21H,5,11H2,1-4H3. The average Bonchev–Trinajstić information content (AvgIpc) is 2.93. The topological polar surface area (TPSA) is 104 Å². The quantitative estimate of drug-likeness (QED) is 0.743. The van der Waals surface area contributed by atoms with Gasteiger partial charge in [-0.05, 0) is 31.9 Å². The zero-order valence-electron chi connectivity index (χ0n) is 16.6. The van der Waals surface area contributed by atoms with Gasteiger partial charge >= 0.3 is 11.9 Å². The first-order valence-corrected chi connectivity index (χ1v) is 10.5. The van der Waals surface area contributed by atoms with E-state index in [4.69, 9.17) is 4.74 Å². The third kappa shape index (κ3) is 3.42. The predicted molar refractivity (Wildman–Crippen MR) is 106 cm³/mol. The molecular weight excluding hydrogens is 396 g/mol. The molecular formula is C20H22N2O6S. The van der Waals surface area contributed by atoms with Gasteiger partial charge in [-0.1, -0.05) is 30.3 Å². The lowest BCUT2D eigenvalue weighted by Gasteiger charge is -2.22. The Balaban J connectivity index is 2.24. The first-order chi connectivity index (χ1) is 13.7. The van der Waals surface area contributed by atoms with Crippen molar-refractivity contribution in [3.05, 3.63) is 57.8 Å². The number of carbonyl (C=O) groups excluding carboxylic acids is 2. The Morgan fingerprint density at radius 3 is 2.34 bits per heavy atom. The number of aromatic nitrogens is 1. The number of carbonyl (C=O) groups is 2. The monoisotopic (exact) mass is 418 g/mol. The molecule has 0 bridgehead atoms. The van der Waals surface area contributed by atoms with E-state index >= 15 is 0 Å². The van der Waals surface area contributed by atoms with Gasteiger partial charge in [-0.2, -0.15) is 0 Å². The van der Waals surface area contributed by atoms with Gasteiger partial charge in [0.25, 0.3) is 0 Å². The second-order valence-corrected chi connectivity index (χ2v) is 8.33. The van der Waals surface area contributed by atoms with Gasteiger partial charge in [0.05, 0.1) is 13.7 Å². The smallest absolute Gasteiger partial charge is 0.356 e. The van der Waals surface area contributed by atoms with Gasteiger partial charge < -0.3 is 19.4 Å². The Labute approximate surface area is 169 Å². The normalized spacial score (nSPS) is 14.8. The molecule has 2 aromatic rings. The lowest BCUT2D eigenvalue weighted by atomic mass is 10.2. The highest BCUT2D eigenvalue weighted by Crippen LogP contribution is 2.41. The van der Waals surface area contributed by atoms with Crippen LogP contribution in [0.25, 0.3) is 0 Å². The van der Waals surface area contributed by atoms with Crippen LogP contribution < -0.4 is 5.32 Å². The summed E-state index contributed by atoms with van der Waals surface area (Å²) in [5.41, 5.74) is 1.70. The Morgan fingerprint density at radius 2 is 1.76 bits per heavy atom. The molecule has 0 spiro atoms. The number of nitrogens with zero attached hydrogens (tertiary/aromatic N) is 1. The maximum absolute atomic E-state index is 13.3. The van der Waals surface area contributed by atoms with E-state index in [2.05, 4.69) is 10.1 Å². The largest absolute Gasteiger partial charge is 0.465 e. The van der Waals surface area contributed by atoms with Crippen molar-refractivity contribution in [1.29, 1.82) is 0 Å². The van der Waals surface area contributed by atoms with Crippen molar-refractivity contribution in [3.63, 3.8) is 0 Å². The first kappa shape index (κ1) is 20.7. The van der Waals surface area contributed by atoms with E-state index in [1.807, 2.05) is 30.3 Å². The highest BCUT2D eigenvalue weighted by molar-refractivity contribution is 7.96. The van der Waals surface area contributed by atoms with Gasteiger partial charge in [-0.15, -0.1) is 0 Å². The maximum Gasteiger partial charge on any atom is 0.356 e. The number of ether oxygens (including phenoxy) is 2. The molecule has 1 aliphatic heterocycles. The number of hydrogen-bond acceptors (Lipinski definition) is 7. The summed E-state index contributed by atoms with van der Waals surface area (Å²) < 4.78 is 38.1. The maximum atomic E-state index is 13.3. The minimum Gasteiger partial charge on any atom is -0.465 e. The van der Waals surface area contributed by atoms with Crippen LogP contribution in [0.4, 0.5) is 5.82 Å². The Kier molecular flexibility index (Phi) is 5.52. The zero-order chi connectivity index (χ0) is 21.3. The molecule has 0 unspecified atom stereocenters. The third-order valence-corrected chi connectivity index (χ3v) is 6.76. The number of hydrogen-bond donors (Lipinski definition) is 1. The zero-order valence-corrected chi connectivity index (χ0v) is 17.4. The van der Waals surface area contributed by atoms with Gasteiger partial charge in [0.2, 0.25) is 9.84 Å². The van der Waals surface area contributed by atoms with E-state index in [-0.39, 0.29) is 17.3 Å². The lowest BCUT2D eigenvalue weighted by Crippen LogP contribution is -2.30. The van der Waals surface area contributed by atoms with Crippen molar-refractivity contribution < 1.29 is 27.5 Å². The van der Waals surface area contributed by atoms with Gasteiger partial charge in [-0.25, -0.2) is 18.0 Å². The van der Waals surface area contributed by atoms with Crippen LogP contribution in [-0.2, 0) is 35.4 Å². The molecule has 9 heteroatoms. The highest BCUT2D eigenvalue weighted by Gasteiger charge is 2.44. The van der Waals surface area contributed by atoms with Gasteiger partial charge in [0.15, 0.2) is 10.6 Å². The van der Waals surface area contributed by atoms with E-state index in [0.29, 0.717) is 17.8 Å². The summed E-state index contributed by atoms with van der Waals surface area (Å²) in [5, 5.41) is 2.84. The van der Waals surface area contributed by atoms with Crippen LogP contribution in [0.3, 0.4) is 0 Å². The molecule has 0 saturated carbocycles. The van der Waals surface area contributed by atoms with Crippen LogP contribution in [0.1, 0.15) is 23.7 Å².